The Kier molecular flexibility index (Phi) is 4.86. The van der Waals surface area contributed by atoms with Crippen molar-refractivity contribution in [3.63, 3.8) is 0 Å². The first-order valence-electron chi connectivity index (χ1n) is 6.51. The molecule has 0 atom stereocenters. The number of anilines is 1. The van der Waals surface area contributed by atoms with Crippen LogP contribution in [-0.2, 0) is 4.79 Å². The molecule has 0 bridgehead atoms. The van der Waals surface area contributed by atoms with Gasteiger partial charge in [0.05, 0.1) is 5.39 Å². The van der Waals surface area contributed by atoms with Crippen LogP contribution in [0.4, 0.5) is 5.82 Å². The molecule has 0 aliphatic rings. The topological polar surface area (TPSA) is 84.1 Å². The van der Waals surface area contributed by atoms with Gasteiger partial charge in [0.1, 0.15) is 17.0 Å². The molecule has 7 heteroatoms. The second-order valence-corrected chi connectivity index (χ2v) is 5.82. The first-order chi connectivity index (χ1) is 9.61. The van der Waals surface area contributed by atoms with Crippen LogP contribution in [0.3, 0.4) is 0 Å². The zero-order valence-corrected chi connectivity index (χ0v) is 12.5. The Morgan fingerprint density at radius 2 is 2.30 bits per heavy atom. The van der Waals surface area contributed by atoms with Crippen molar-refractivity contribution in [3.05, 3.63) is 17.3 Å². The van der Waals surface area contributed by atoms with Crippen LogP contribution in [0.25, 0.3) is 10.2 Å². The van der Waals surface area contributed by atoms with Crippen LogP contribution in [0.2, 0.25) is 0 Å². The number of nitrogens with zero attached hydrogens (tertiary/aromatic N) is 3. The molecule has 0 aromatic carbocycles. The van der Waals surface area contributed by atoms with Crippen LogP contribution in [-0.4, -0.2) is 42.6 Å². The molecule has 20 heavy (non-hydrogen) atoms. The van der Waals surface area contributed by atoms with E-state index < -0.39 is 0 Å². The Bertz CT molecular complexity index is 597. The monoisotopic (exact) mass is 293 g/mol. The van der Waals surface area contributed by atoms with E-state index in [1.165, 1.54) is 4.88 Å². The highest BCUT2D eigenvalue weighted by atomic mass is 32.1. The minimum absolute atomic E-state index is 0.00843. The maximum absolute atomic E-state index is 11.6. The average Bonchev–Trinajstić information content (AvgIpc) is 2.82. The summed E-state index contributed by atoms with van der Waals surface area (Å²) in [7, 11) is 1.94. The van der Waals surface area contributed by atoms with E-state index in [1.54, 1.807) is 17.7 Å². The first-order valence-corrected chi connectivity index (χ1v) is 7.32. The van der Waals surface area contributed by atoms with Crippen molar-refractivity contribution < 1.29 is 4.79 Å². The van der Waals surface area contributed by atoms with Crippen LogP contribution in [0.15, 0.2) is 12.4 Å². The molecule has 0 saturated carbocycles. The number of carbonyl (C=O) groups is 1. The third kappa shape index (κ3) is 3.43. The lowest BCUT2D eigenvalue weighted by Crippen LogP contribution is -2.32. The predicted octanol–water partition coefficient (Wildman–Crippen LogP) is 0.901. The molecule has 6 nitrogen and oxygen atoms in total. The Labute approximate surface area is 122 Å². The Morgan fingerprint density at radius 3 is 3.05 bits per heavy atom. The lowest BCUT2D eigenvalue weighted by Gasteiger charge is -2.18. The number of carbonyl (C=O) groups excluding carboxylic acids is 1. The van der Waals surface area contributed by atoms with Gasteiger partial charge in [-0.05, 0) is 13.0 Å². The van der Waals surface area contributed by atoms with E-state index in [-0.39, 0.29) is 5.91 Å². The van der Waals surface area contributed by atoms with E-state index in [0.717, 1.165) is 16.0 Å². The minimum atomic E-state index is 0.00843. The predicted molar refractivity (Wildman–Crippen MR) is 82.1 cm³/mol. The number of amides is 1. The van der Waals surface area contributed by atoms with E-state index in [1.807, 2.05) is 11.9 Å². The molecule has 0 fully saturated rings. The van der Waals surface area contributed by atoms with Gasteiger partial charge in [-0.2, -0.15) is 0 Å². The molecule has 0 unspecified atom stereocenters. The minimum Gasteiger partial charge on any atom is -0.359 e. The lowest BCUT2D eigenvalue weighted by molar-refractivity contribution is -0.120. The van der Waals surface area contributed by atoms with Gasteiger partial charge in [0.15, 0.2) is 0 Å². The van der Waals surface area contributed by atoms with Crippen molar-refractivity contribution in [3.8, 4) is 0 Å². The van der Waals surface area contributed by atoms with Gasteiger partial charge in [-0.1, -0.05) is 0 Å². The summed E-state index contributed by atoms with van der Waals surface area (Å²) >= 11 is 1.65. The highest BCUT2D eigenvalue weighted by Gasteiger charge is 2.12. The van der Waals surface area contributed by atoms with Crippen molar-refractivity contribution in [2.45, 2.75) is 13.3 Å². The summed E-state index contributed by atoms with van der Waals surface area (Å²) in [5.41, 5.74) is 5.35. The second kappa shape index (κ2) is 6.62. The molecular weight excluding hydrogens is 274 g/mol. The summed E-state index contributed by atoms with van der Waals surface area (Å²) in [6, 6.07) is 2.08. The summed E-state index contributed by atoms with van der Waals surface area (Å²) in [5.74, 6) is 0.875. The molecule has 2 heterocycles. The highest BCUT2D eigenvalue weighted by Crippen LogP contribution is 2.29. The van der Waals surface area contributed by atoms with E-state index in [0.29, 0.717) is 26.1 Å². The van der Waals surface area contributed by atoms with Gasteiger partial charge >= 0.3 is 0 Å². The molecule has 2 rings (SSSR count). The van der Waals surface area contributed by atoms with Gasteiger partial charge in [0.2, 0.25) is 5.91 Å². The molecule has 0 saturated heterocycles. The van der Waals surface area contributed by atoms with Crippen LogP contribution >= 0.6 is 11.3 Å². The number of hydrogen-bond acceptors (Lipinski definition) is 6. The zero-order chi connectivity index (χ0) is 14.5. The molecule has 2 aromatic rings. The van der Waals surface area contributed by atoms with Crippen LogP contribution in [0, 0.1) is 6.92 Å². The molecule has 0 radical (unpaired) electrons. The molecule has 3 N–H and O–H groups in total. The van der Waals surface area contributed by atoms with E-state index in [2.05, 4.69) is 28.3 Å². The van der Waals surface area contributed by atoms with Crippen molar-refractivity contribution in [1.82, 2.24) is 15.3 Å². The van der Waals surface area contributed by atoms with E-state index in [4.69, 9.17) is 5.73 Å². The van der Waals surface area contributed by atoms with Gasteiger partial charge < -0.3 is 16.0 Å². The summed E-state index contributed by atoms with van der Waals surface area (Å²) in [5, 5.41) is 3.80. The Hall–Kier alpha value is -1.73. The van der Waals surface area contributed by atoms with Crippen LogP contribution in [0.5, 0.6) is 0 Å². The third-order valence-corrected chi connectivity index (χ3v) is 3.89. The van der Waals surface area contributed by atoms with Crippen molar-refractivity contribution in [2.24, 2.45) is 5.73 Å². The Morgan fingerprint density at radius 1 is 1.50 bits per heavy atom. The fourth-order valence-corrected chi connectivity index (χ4v) is 2.78. The molecule has 2 aromatic heterocycles. The summed E-state index contributed by atoms with van der Waals surface area (Å²) in [6.45, 7) is 3.64. The maximum atomic E-state index is 11.6. The summed E-state index contributed by atoms with van der Waals surface area (Å²) in [6.07, 6.45) is 1.99. The third-order valence-electron chi connectivity index (χ3n) is 2.93. The van der Waals surface area contributed by atoms with Crippen molar-refractivity contribution in [1.29, 1.82) is 0 Å². The molecule has 0 aliphatic carbocycles. The lowest BCUT2D eigenvalue weighted by atomic mass is 10.3. The normalized spacial score (nSPS) is 10.8. The fraction of sp³-hybridized carbons (Fsp3) is 0.462. The largest absolute Gasteiger partial charge is 0.359 e. The van der Waals surface area contributed by atoms with Crippen molar-refractivity contribution >= 4 is 33.3 Å². The number of aryl methyl sites for hydroxylation is 1. The number of hydrogen-bond donors (Lipinski definition) is 2. The highest BCUT2D eigenvalue weighted by molar-refractivity contribution is 7.18. The molecular formula is C13H19N5OS. The van der Waals surface area contributed by atoms with Crippen molar-refractivity contribution in [2.75, 3.05) is 31.6 Å². The van der Waals surface area contributed by atoms with E-state index >= 15 is 0 Å². The SMILES string of the molecule is Cc1cc2c(N(C)CCC(=O)NCCN)ncnc2s1. The van der Waals surface area contributed by atoms with Gasteiger partial charge in [-0.15, -0.1) is 11.3 Å². The number of nitrogens with two attached hydrogens (primary N) is 1. The van der Waals surface area contributed by atoms with Gasteiger partial charge in [-0.25, -0.2) is 9.97 Å². The van der Waals surface area contributed by atoms with Gasteiger partial charge in [0.25, 0.3) is 0 Å². The molecule has 0 aliphatic heterocycles. The molecule has 108 valence electrons. The number of aromatic nitrogens is 2. The summed E-state index contributed by atoms with van der Waals surface area (Å²) in [4.78, 5) is 24.3. The van der Waals surface area contributed by atoms with Gasteiger partial charge in [-0.3, -0.25) is 4.79 Å². The fourth-order valence-electron chi connectivity index (χ4n) is 1.94. The summed E-state index contributed by atoms with van der Waals surface area (Å²) < 4.78 is 0. The van der Waals surface area contributed by atoms with Crippen LogP contribution in [0.1, 0.15) is 11.3 Å². The number of fused-ring (bicyclic) bond motifs is 1. The van der Waals surface area contributed by atoms with Crippen LogP contribution < -0.4 is 16.0 Å². The smallest absolute Gasteiger partial charge is 0.221 e. The Balaban J connectivity index is 2.04. The first kappa shape index (κ1) is 14.7. The number of thiophene rings is 1. The molecule has 0 spiro atoms. The average molecular weight is 293 g/mol. The molecule has 1 amide bonds. The maximum Gasteiger partial charge on any atom is 0.221 e. The second-order valence-electron chi connectivity index (χ2n) is 4.58. The number of rotatable bonds is 6. The van der Waals surface area contributed by atoms with Gasteiger partial charge in [0, 0.05) is 38.0 Å². The zero-order valence-electron chi connectivity index (χ0n) is 11.7. The standard InChI is InChI=1S/C13H19N5OS/c1-9-7-10-12(16-8-17-13(10)20-9)18(2)6-3-11(19)15-5-4-14/h7-8H,3-6,14H2,1-2H3,(H,15,19). The number of nitrogens with one attached hydrogen (secondary N) is 1. The quantitative estimate of drug-likeness (QED) is 0.826. The van der Waals surface area contributed by atoms with E-state index in [9.17, 15) is 4.79 Å².